The summed E-state index contributed by atoms with van der Waals surface area (Å²) in [5.74, 6) is -0.706. The lowest BCUT2D eigenvalue weighted by molar-refractivity contribution is -0.122. The Kier molecular flexibility index (Phi) is 6.38. The molecule has 0 bridgehead atoms. The van der Waals surface area contributed by atoms with Gasteiger partial charge in [0.15, 0.2) is 0 Å². The summed E-state index contributed by atoms with van der Waals surface area (Å²) in [6, 6.07) is 7.27. The molecule has 0 unspecified atom stereocenters. The summed E-state index contributed by atoms with van der Waals surface area (Å²) in [6.45, 7) is 3.15. The first kappa shape index (κ1) is 15.0. The predicted molar refractivity (Wildman–Crippen MR) is 73.0 cm³/mol. The maximum absolute atomic E-state index is 11.9. The summed E-state index contributed by atoms with van der Waals surface area (Å²) >= 11 is 0. The first-order valence-corrected chi connectivity index (χ1v) is 6.12. The van der Waals surface area contributed by atoms with Crippen molar-refractivity contribution in [3.63, 3.8) is 0 Å². The largest absolute Gasteiger partial charge is 0.385 e. The van der Waals surface area contributed by atoms with Crippen molar-refractivity contribution in [3.8, 4) is 0 Å². The van der Waals surface area contributed by atoms with Crippen LogP contribution in [0.25, 0.3) is 0 Å². The second-order valence-corrected chi connectivity index (χ2v) is 3.85. The summed E-state index contributed by atoms with van der Waals surface area (Å²) in [5, 5.41) is 5.84. The molecule has 0 radical (unpaired) electrons. The van der Waals surface area contributed by atoms with Gasteiger partial charge in [-0.1, -0.05) is 12.1 Å². The zero-order valence-corrected chi connectivity index (χ0v) is 10.9. The van der Waals surface area contributed by atoms with Crippen molar-refractivity contribution in [1.29, 1.82) is 0 Å². The zero-order valence-electron chi connectivity index (χ0n) is 10.9. The van der Waals surface area contributed by atoms with Crippen molar-refractivity contribution in [2.45, 2.75) is 6.92 Å². The zero-order chi connectivity index (χ0) is 14.1. The van der Waals surface area contributed by atoms with E-state index in [2.05, 4.69) is 10.6 Å². The molecule has 0 fully saturated rings. The van der Waals surface area contributed by atoms with E-state index in [1.165, 1.54) is 0 Å². The lowest BCUT2D eigenvalue weighted by Crippen LogP contribution is -2.29. The van der Waals surface area contributed by atoms with Crippen LogP contribution in [0.15, 0.2) is 24.3 Å². The minimum Gasteiger partial charge on any atom is -0.385 e. The topological polar surface area (TPSA) is 93.4 Å². The molecule has 0 aromatic heterocycles. The van der Waals surface area contributed by atoms with Gasteiger partial charge >= 0.3 is 0 Å². The average molecular weight is 265 g/mol. The summed E-state index contributed by atoms with van der Waals surface area (Å²) < 4.78 is 4.95. The fourth-order valence-electron chi connectivity index (χ4n) is 1.53. The van der Waals surface area contributed by atoms with E-state index in [0.717, 1.165) is 12.2 Å². The van der Waals surface area contributed by atoms with E-state index in [1.807, 2.05) is 19.1 Å². The standard InChI is InChI=1S/C13H19N3O3/c1-2-15-11-6-4-3-5-10(11)13(18)16-7-8-19-9-12(14)17/h3-6,15H,2,7-9H2,1H3,(H2,14,17)(H,16,18). The van der Waals surface area contributed by atoms with Crippen molar-refractivity contribution in [3.05, 3.63) is 29.8 Å². The van der Waals surface area contributed by atoms with Crippen LogP contribution in [-0.2, 0) is 9.53 Å². The van der Waals surface area contributed by atoms with Crippen LogP contribution in [0.1, 0.15) is 17.3 Å². The fraction of sp³-hybridized carbons (Fsp3) is 0.385. The number of amides is 2. The van der Waals surface area contributed by atoms with E-state index >= 15 is 0 Å². The molecular formula is C13H19N3O3. The Morgan fingerprint density at radius 2 is 2.05 bits per heavy atom. The normalized spacial score (nSPS) is 9.95. The summed E-state index contributed by atoms with van der Waals surface area (Å²) in [7, 11) is 0. The van der Waals surface area contributed by atoms with Crippen LogP contribution in [0.4, 0.5) is 5.69 Å². The highest BCUT2D eigenvalue weighted by atomic mass is 16.5. The number of carbonyl (C=O) groups excluding carboxylic acids is 2. The smallest absolute Gasteiger partial charge is 0.253 e. The van der Waals surface area contributed by atoms with Gasteiger partial charge in [-0.15, -0.1) is 0 Å². The Labute approximate surface area is 112 Å². The Bertz CT molecular complexity index is 435. The maximum atomic E-state index is 11.9. The Morgan fingerprint density at radius 3 is 2.74 bits per heavy atom. The number of carbonyl (C=O) groups is 2. The van der Waals surface area contributed by atoms with Crippen molar-refractivity contribution in [2.75, 3.05) is 31.6 Å². The van der Waals surface area contributed by atoms with Crippen LogP contribution in [-0.4, -0.2) is 38.1 Å². The second-order valence-electron chi connectivity index (χ2n) is 3.85. The van der Waals surface area contributed by atoms with Gasteiger partial charge in [0.1, 0.15) is 6.61 Å². The molecule has 4 N–H and O–H groups in total. The molecule has 6 nitrogen and oxygen atoms in total. The van der Waals surface area contributed by atoms with E-state index < -0.39 is 5.91 Å². The molecule has 1 aromatic rings. The molecule has 2 amide bonds. The van der Waals surface area contributed by atoms with Crippen LogP contribution in [0.2, 0.25) is 0 Å². The molecule has 0 aliphatic carbocycles. The number of hydrogen-bond donors (Lipinski definition) is 3. The quantitative estimate of drug-likeness (QED) is 0.591. The van der Waals surface area contributed by atoms with Gasteiger partial charge in [0, 0.05) is 18.8 Å². The lowest BCUT2D eigenvalue weighted by Gasteiger charge is -2.10. The third kappa shape index (κ3) is 5.39. The predicted octanol–water partition coefficient (Wildman–Crippen LogP) is 0.350. The lowest BCUT2D eigenvalue weighted by atomic mass is 10.1. The first-order valence-electron chi connectivity index (χ1n) is 6.12. The fourth-order valence-corrected chi connectivity index (χ4v) is 1.53. The van der Waals surface area contributed by atoms with E-state index in [0.29, 0.717) is 12.1 Å². The number of rotatable bonds is 8. The molecule has 1 aromatic carbocycles. The Balaban J connectivity index is 2.43. The number of nitrogens with one attached hydrogen (secondary N) is 2. The van der Waals surface area contributed by atoms with Gasteiger partial charge in [-0.05, 0) is 19.1 Å². The third-order valence-electron chi connectivity index (χ3n) is 2.32. The van der Waals surface area contributed by atoms with Crippen molar-refractivity contribution >= 4 is 17.5 Å². The van der Waals surface area contributed by atoms with E-state index in [-0.39, 0.29) is 19.1 Å². The maximum Gasteiger partial charge on any atom is 0.253 e. The molecule has 0 atom stereocenters. The number of ether oxygens (including phenoxy) is 1. The van der Waals surface area contributed by atoms with Gasteiger partial charge in [0.05, 0.1) is 12.2 Å². The number of nitrogens with two attached hydrogens (primary N) is 1. The molecule has 6 heteroatoms. The van der Waals surface area contributed by atoms with E-state index in [1.54, 1.807) is 12.1 Å². The average Bonchev–Trinajstić information content (AvgIpc) is 2.39. The summed E-state index contributed by atoms with van der Waals surface area (Å²) in [5.41, 5.74) is 6.29. The number of para-hydroxylation sites is 1. The molecule has 0 spiro atoms. The van der Waals surface area contributed by atoms with Crippen molar-refractivity contribution in [1.82, 2.24) is 5.32 Å². The first-order chi connectivity index (χ1) is 9.15. The molecular weight excluding hydrogens is 246 g/mol. The molecule has 0 aliphatic rings. The van der Waals surface area contributed by atoms with Gasteiger partial charge in [-0.2, -0.15) is 0 Å². The summed E-state index contributed by atoms with van der Waals surface area (Å²) in [6.07, 6.45) is 0. The van der Waals surface area contributed by atoms with Gasteiger partial charge in [0.2, 0.25) is 5.91 Å². The minimum atomic E-state index is -0.524. The van der Waals surface area contributed by atoms with Gasteiger partial charge in [-0.25, -0.2) is 0 Å². The molecule has 0 saturated carbocycles. The Morgan fingerprint density at radius 1 is 1.32 bits per heavy atom. The highest BCUT2D eigenvalue weighted by molar-refractivity contribution is 5.99. The minimum absolute atomic E-state index is 0.135. The number of benzene rings is 1. The second kappa shape index (κ2) is 8.10. The van der Waals surface area contributed by atoms with Crippen LogP contribution < -0.4 is 16.4 Å². The van der Waals surface area contributed by atoms with Crippen molar-refractivity contribution in [2.24, 2.45) is 5.73 Å². The van der Waals surface area contributed by atoms with Crippen LogP contribution in [0.5, 0.6) is 0 Å². The van der Waals surface area contributed by atoms with Gasteiger partial charge in [-0.3, -0.25) is 9.59 Å². The molecule has 0 saturated heterocycles. The number of primary amides is 1. The van der Waals surface area contributed by atoms with Crippen molar-refractivity contribution < 1.29 is 14.3 Å². The van der Waals surface area contributed by atoms with Crippen LogP contribution >= 0.6 is 0 Å². The van der Waals surface area contributed by atoms with Gasteiger partial charge in [0.25, 0.3) is 5.91 Å². The summed E-state index contributed by atoms with van der Waals surface area (Å²) in [4.78, 5) is 22.4. The molecule has 1 rings (SSSR count). The molecule has 104 valence electrons. The van der Waals surface area contributed by atoms with E-state index in [9.17, 15) is 9.59 Å². The molecule has 0 aliphatic heterocycles. The number of hydrogen-bond acceptors (Lipinski definition) is 4. The third-order valence-corrected chi connectivity index (χ3v) is 2.32. The van der Waals surface area contributed by atoms with Gasteiger partial charge < -0.3 is 21.1 Å². The molecule has 19 heavy (non-hydrogen) atoms. The van der Waals surface area contributed by atoms with Crippen LogP contribution in [0, 0.1) is 0 Å². The van der Waals surface area contributed by atoms with Crippen LogP contribution in [0.3, 0.4) is 0 Å². The monoisotopic (exact) mass is 265 g/mol. The number of anilines is 1. The highest BCUT2D eigenvalue weighted by Gasteiger charge is 2.09. The van der Waals surface area contributed by atoms with E-state index in [4.69, 9.17) is 10.5 Å². The Hall–Kier alpha value is -2.08. The molecule has 0 heterocycles. The highest BCUT2D eigenvalue weighted by Crippen LogP contribution is 2.14. The SMILES string of the molecule is CCNc1ccccc1C(=O)NCCOCC(N)=O.